The number of ether oxygens (including phenoxy) is 3. The van der Waals surface area contributed by atoms with Gasteiger partial charge in [-0.15, -0.1) is 5.10 Å². The molecule has 0 atom stereocenters. The molecule has 1 amide bonds. The van der Waals surface area contributed by atoms with E-state index in [2.05, 4.69) is 27.6 Å². The van der Waals surface area contributed by atoms with Gasteiger partial charge in [-0.05, 0) is 81.8 Å². The summed E-state index contributed by atoms with van der Waals surface area (Å²) >= 11 is 0. The Bertz CT molecular complexity index is 1100. The van der Waals surface area contributed by atoms with Crippen LogP contribution in [0.5, 0.6) is 17.2 Å². The number of rotatable bonds is 9. The summed E-state index contributed by atoms with van der Waals surface area (Å²) < 4.78 is 22.8. The topological polar surface area (TPSA) is 95.7 Å². The maximum atomic E-state index is 12.9. The molecule has 3 aromatic rings. The molecular formula is C25H29N3O5. The van der Waals surface area contributed by atoms with Gasteiger partial charge in [-0.1, -0.05) is 11.2 Å². The second-order valence-electron chi connectivity index (χ2n) is 7.66. The number of nitrogens with one attached hydrogen (secondary N) is 1. The first-order chi connectivity index (χ1) is 16.1. The van der Waals surface area contributed by atoms with Crippen LogP contribution in [0.3, 0.4) is 0 Å². The van der Waals surface area contributed by atoms with Crippen LogP contribution in [0.15, 0.2) is 34.7 Å². The molecule has 0 aliphatic heterocycles. The van der Waals surface area contributed by atoms with E-state index in [0.717, 1.165) is 18.4 Å². The molecule has 0 unspecified atom stereocenters. The largest absolute Gasteiger partial charge is 0.490 e. The summed E-state index contributed by atoms with van der Waals surface area (Å²) in [5.41, 5.74) is 3.88. The van der Waals surface area contributed by atoms with E-state index in [9.17, 15) is 4.79 Å². The standard InChI is InChI=1S/C25H29N3O5/c1-4-30-20-14-19(15-21(31-5-2)22(20)32-6-3)23(29)26-25-28-27-24(33-25)18-12-11-16-9-7-8-10-17(16)13-18/h11-15H,4-10H2,1-3H3,(H,26,28,29). The third-order valence-electron chi connectivity index (χ3n) is 5.41. The van der Waals surface area contributed by atoms with Gasteiger partial charge in [-0.3, -0.25) is 10.1 Å². The second kappa shape index (κ2) is 10.4. The zero-order chi connectivity index (χ0) is 23.2. The summed E-state index contributed by atoms with van der Waals surface area (Å²) in [5.74, 6) is 1.31. The number of amides is 1. The maximum absolute atomic E-state index is 12.9. The average Bonchev–Trinajstić information content (AvgIpc) is 3.29. The number of benzene rings is 2. The number of aromatic nitrogens is 2. The monoisotopic (exact) mass is 451 g/mol. The zero-order valence-corrected chi connectivity index (χ0v) is 19.3. The molecule has 174 valence electrons. The Morgan fingerprint density at radius 1 is 0.909 bits per heavy atom. The average molecular weight is 452 g/mol. The second-order valence-corrected chi connectivity index (χ2v) is 7.66. The molecule has 8 nitrogen and oxygen atoms in total. The molecule has 0 radical (unpaired) electrons. The van der Waals surface area contributed by atoms with Crippen molar-refractivity contribution < 1.29 is 23.4 Å². The third kappa shape index (κ3) is 5.10. The van der Waals surface area contributed by atoms with Crippen molar-refractivity contribution in [2.24, 2.45) is 0 Å². The number of carbonyl (C=O) groups excluding carboxylic acids is 1. The molecule has 2 aromatic carbocycles. The molecule has 1 aliphatic carbocycles. The van der Waals surface area contributed by atoms with Gasteiger partial charge in [-0.2, -0.15) is 0 Å². The first-order valence-electron chi connectivity index (χ1n) is 11.5. The third-order valence-corrected chi connectivity index (χ3v) is 5.41. The fourth-order valence-electron chi connectivity index (χ4n) is 3.95. The minimum absolute atomic E-state index is 0.0255. The molecule has 33 heavy (non-hydrogen) atoms. The van der Waals surface area contributed by atoms with Crippen molar-refractivity contribution >= 4 is 11.9 Å². The number of carbonyl (C=O) groups is 1. The van der Waals surface area contributed by atoms with Crippen LogP contribution >= 0.6 is 0 Å². The van der Waals surface area contributed by atoms with Crippen LogP contribution in [0, 0.1) is 0 Å². The maximum Gasteiger partial charge on any atom is 0.322 e. The van der Waals surface area contributed by atoms with Crippen molar-refractivity contribution in [3.63, 3.8) is 0 Å². The van der Waals surface area contributed by atoms with E-state index in [1.165, 1.54) is 24.0 Å². The summed E-state index contributed by atoms with van der Waals surface area (Å²) in [6.07, 6.45) is 4.58. The van der Waals surface area contributed by atoms with E-state index in [1.54, 1.807) is 12.1 Å². The van der Waals surface area contributed by atoms with Crippen molar-refractivity contribution in [3.05, 3.63) is 47.0 Å². The molecule has 0 spiro atoms. The SMILES string of the molecule is CCOc1cc(C(=O)Nc2nnc(-c3ccc4c(c3)CCCC4)o2)cc(OCC)c1OCC. The molecule has 0 bridgehead atoms. The van der Waals surface area contributed by atoms with E-state index in [0.29, 0.717) is 48.5 Å². The lowest BCUT2D eigenvalue weighted by Gasteiger charge is -2.16. The van der Waals surface area contributed by atoms with Gasteiger partial charge in [0.2, 0.25) is 11.6 Å². The fraction of sp³-hybridized carbons (Fsp3) is 0.400. The van der Waals surface area contributed by atoms with Gasteiger partial charge in [0, 0.05) is 11.1 Å². The van der Waals surface area contributed by atoms with Gasteiger partial charge in [0.25, 0.3) is 5.91 Å². The Balaban J connectivity index is 1.55. The molecule has 4 rings (SSSR count). The predicted octanol–water partition coefficient (Wildman–Crippen LogP) is 5.06. The number of hydrogen-bond donors (Lipinski definition) is 1. The van der Waals surface area contributed by atoms with Crippen molar-refractivity contribution in [2.75, 3.05) is 25.1 Å². The summed E-state index contributed by atoms with van der Waals surface area (Å²) in [4.78, 5) is 12.9. The van der Waals surface area contributed by atoms with Crippen molar-refractivity contribution in [1.29, 1.82) is 0 Å². The molecule has 0 fully saturated rings. The van der Waals surface area contributed by atoms with Crippen molar-refractivity contribution in [1.82, 2.24) is 10.2 Å². The van der Waals surface area contributed by atoms with E-state index >= 15 is 0 Å². The highest BCUT2D eigenvalue weighted by molar-refractivity contribution is 6.04. The lowest BCUT2D eigenvalue weighted by Crippen LogP contribution is -2.13. The van der Waals surface area contributed by atoms with Crippen LogP contribution in [0.4, 0.5) is 6.01 Å². The summed E-state index contributed by atoms with van der Waals surface area (Å²) in [7, 11) is 0. The Labute approximate surface area is 193 Å². The number of nitrogens with zero attached hydrogens (tertiary/aromatic N) is 2. The van der Waals surface area contributed by atoms with Gasteiger partial charge in [0.15, 0.2) is 11.5 Å². The van der Waals surface area contributed by atoms with Gasteiger partial charge in [-0.25, -0.2) is 0 Å². The zero-order valence-electron chi connectivity index (χ0n) is 19.3. The Hall–Kier alpha value is -3.55. The highest BCUT2D eigenvalue weighted by Crippen LogP contribution is 2.39. The smallest absolute Gasteiger partial charge is 0.322 e. The van der Waals surface area contributed by atoms with Crippen molar-refractivity contribution in [2.45, 2.75) is 46.5 Å². The van der Waals surface area contributed by atoms with Crippen LogP contribution in [0.25, 0.3) is 11.5 Å². The fourth-order valence-corrected chi connectivity index (χ4v) is 3.95. The van der Waals surface area contributed by atoms with E-state index in [-0.39, 0.29) is 6.01 Å². The normalized spacial score (nSPS) is 12.7. The van der Waals surface area contributed by atoms with Gasteiger partial charge in [0.1, 0.15) is 0 Å². The molecule has 1 N–H and O–H groups in total. The van der Waals surface area contributed by atoms with Crippen LogP contribution in [0.1, 0.15) is 55.1 Å². The minimum atomic E-state index is -0.416. The van der Waals surface area contributed by atoms with E-state index in [4.69, 9.17) is 18.6 Å². The lowest BCUT2D eigenvalue weighted by molar-refractivity contribution is 0.102. The summed E-state index contributed by atoms with van der Waals surface area (Å²) in [6, 6.07) is 9.47. The number of aryl methyl sites for hydroxylation is 2. The van der Waals surface area contributed by atoms with Crippen molar-refractivity contribution in [3.8, 4) is 28.7 Å². The van der Waals surface area contributed by atoms with E-state index in [1.807, 2.05) is 26.8 Å². The first kappa shape index (κ1) is 22.6. The highest BCUT2D eigenvalue weighted by atomic mass is 16.5. The van der Waals surface area contributed by atoms with Crippen LogP contribution < -0.4 is 19.5 Å². The summed E-state index contributed by atoms with van der Waals surface area (Å²) in [6.45, 7) is 6.89. The molecule has 0 saturated carbocycles. The molecule has 1 aliphatic rings. The first-order valence-corrected chi connectivity index (χ1v) is 11.5. The highest BCUT2D eigenvalue weighted by Gasteiger charge is 2.20. The van der Waals surface area contributed by atoms with Crippen LogP contribution in [-0.4, -0.2) is 35.9 Å². The molecule has 1 heterocycles. The molecular weight excluding hydrogens is 422 g/mol. The summed E-state index contributed by atoms with van der Waals surface area (Å²) in [5, 5.41) is 10.8. The van der Waals surface area contributed by atoms with Gasteiger partial charge in [0.05, 0.1) is 19.8 Å². The number of anilines is 1. The molecule has 8 heteroatoms. The Kier molecular flexibility index (Phi) is 7.12. The lowest BCUT2D eigenvalue weighted by atomic mass is 9.90. The number of hydrogen-bond acceptors (Lipinski definition) is 7. The Morgan fingerprint density at radius 2 is 1.58 bits per heavy atom. The molecule has 0 saturated heterocycles. The van der Waals surface area contributed by atoms with Gasteiger partial charge < -0.3 is 18.6 Å². The minimum Gasteiger partial charge on any atom is -0.490 e. The molecule has 1 aromatic heterocycles. The van der Waals surface area contributed by atoms with Crippen LogP contribution in [0.2, 0.25) is 0 Å². The van der Waals surface area contributed by atoms with E-state index < -0.39 is 5.91 Å². The van der Waals surface area contributed by atoms with Gasteiger partial charge >= 0.3 is 6.01 Å². The van der Waals surface area contributed by atoms with Crippen LogP contribution in [-0.2, 0) is 12.8 Å². The quantitative estimate of drug-likeness (QED) is 0.485. The Morgan fingerprint density at radius 3 is 2.24 bits per heavy atom. The predicted molar refractivity (Wildman–Crippen MR) is 124 cm³/mol. The number of fused-ring (bicyclic) bond motifs is 1.